The topological polar surface area (TPSA) is 116 Å². The molecule has 2 unspecified atom stereocenters. The second-order valence-corrected chi connectivity index (χ2v) is 5.28. The summed E-state index contributed by atoms with van der Waals surface area (Å²) in [5.41, 5.74) is 5.87. The van der Waals surface area contributed by atoms with Crippen molar-refractivity contribution in [3.63, 3.8) is 0 Å². The Morgan fingerprint density at radius 3 is 2.38 bits per heavy atom. The van der Waals surface area contributed by atoms with Gasteiger partial charge in [-0.15, -0.1) is 0 Å². The van der Waals surface area contributed by atoms with E-state index in [0.717, 1.165) is 0 Å². The highest BCUT2D eigenvalue weighted by molar-refractivity contribution is 9.09. The van der Waals surface area contributed by atoms with Crippen LogP contribution in [-0.2, 0) is 33.0 Å². The van der Waals surface area contributed by atoms with Crippen LogP contribution in [0.15, 0.2) is 0 Å². The van der Waals surface area contributed by atoms with Crippen LogP contribution in [0.1, 0.15) is 20.8 Å². The number of ketones is 1. The first-order valence-electron chi connectivity index (χ1n) is 6.13. The Labute approximate surface area is 129 Å². The molecule has 1 saturated heterocycles. The van der Waals surface area contributed by atoms with Crippen molar-refractivity contribution < 1.29 is 33.0 Å². The molecule has 4 atom stereocenters. The molecular formula is C12H17BrNO7+. The number of esters is 2. The molecule has 1 rings (SSSR count). The monoisotopic (exact) mass is 366 g/mol. The number of hydrogen-bond acceptors (Lipinski definition) is 7. The smallest absolute Gasteiger partial charge is 0.463 e. The van der Waals surface area contributed by atoms with Gasteiger partial charge in [-0.2, -0.15) is 0 Å². The molecule has 0 bridgehead atoms. The second-order valence-electron chi connectivity index (χ2n) is 4.38. The lowest BCUT2D eigenvalue weighted by molar-refractivity contribution is -0.383. The number of nitrogens with two attached hydrogens (primary N) is 1. The van der Waals surface area contributed by atoms with Gasteiger partial charge in [-0.1, -0.05) is 15.9 Å². The Balaban J connectivity index is 3.06. The molecule has 0 aromatic carbocycles. The standard InChI is InChI=1S/C12H17BrNO7/c1-5(15)18-4-8-10(19-6(2)16)11(20-7(3)17)9(14)12(13)21-8/h8-10,12H,4,14H2,1-3H3/q+1/t8?,9?,10-,12+/m0/s1. The summed E-state index contributed by atoms with van der Waals surface area (Å²) in [6, 6.07) is -0.827. The van der Waals surface area contributed by atoms with E-state index in [0.29, 0.717) is 0 Å². The fraction of sp³-hybridized carbons (Fsp3) is 0.667. The zero-order valence-electron chi connectivity index (χ0n) is 11.8. The Kier molecular flexibility index (Phi) is 6.43. The molecule has 0 spiro atoms. The van der Waals surface area contributed by atoms with Crippen LogP contribution < -0.4 is 5.73 Å². The summed E-state index contributed by atoms with van der Waals surface area (Å²) in [5, 5.41) is -0.681. The van der Waals surface area contributed by atoms with Gasteiger partial charge in [0.05, 0.1) is 6.92 Å². The highest BCUT2D eigenvalue weighted by Gasteiger charge is 2.48. The highest BCUT2D eigenvalue weighted by Crippen LogP contribution is 2.23. The molecule has 1 heterocycles. The molecule has 2 N–H and O–H groups in total. The van der Waals surface area contributed by atoms with Crippen molar-refractivity contribution in [3.8, 4) is 0 Å². The van der Waals surface area contributed by atoms with E-state index in [1.807, 2.05) is 0 Å². The minimum Gasteiger partial charge on any atom is -0.463 e. The third-order valence-electron chi connectivity index (χ3n) is 2.54. The molecule has 0 amide bonds. The number of carbonyl (C=O) groups excluding carboxylic acids is 4. The van der Waals surface area contributed by atoms with E-state index in [-0.39, 0.29) is 12.4 Å². The fourth-order valence-corrected chi connectivity index (χ4v) is 2.29. The zero-order valence-corrected chi connectivity index (χ0v) is 13.4. The summed E-state index contributed by atoms with van der Waals surface area (Å²) in [5.74, 6) is -1.69. The van der Waals surface area contributed by atoms with Crippen molar-refractivity contribution in [2.24, 2.45) is 5.73 Å². The van der Waals surface area contributed by atoms with Crippen molar-refractivity contribution in [1.29, 1.82) is 0 Å². The largest absolute Gasteiger partial charge is 0.576 e. The zero-order chi connectivity index (χ0) is 16.2. The van der Waals surface area contributed by atoms with Crippen molar-refractivity contribution in [3.05, 3.63) is 0 Å². The fourth-order valence-electron chi connectivity index (χ4n) is 1.76. The van der Waals surface area contributed by atoms with Crippen LogP contribution in [0.2, 0.25) is 0 Å². The molecule has 1 aliphatic rings. The van der Waals surface area contributed by atoms with Crippen LogP contribution in [0, 0.1) is 0 Å². The number of carbonyl (C=O) groups is 3. The van der Waals surface area contributed by atoms with Crippen LogP contribution in [0.3, 0.4) is 0 Å². The number of rotatable bonds is 3. The number of hydrogen-bond donors (Lipinski definition) is 1. The van der Waals surface area contributed by atoms with Gasteiger partial charge in [0.25, 0.3) is 5.78 Å². The van der Waals surface area contributed by atoms with E-state index in [4.69, 9.17) is 24.4 Å². The summed E-state index contributed by atoms with van der Waals surface area (Å²) >= 11 is 3.18. The number of alkyl halides is 1. The van der Waals surface area contributed by atoms with E-state index in [9.17, 15) is 14.4 Å². The first-order chi connectivity index (χ1) is 9.72. The molecule has 0 aromatic heterocycles. The van der Waals surface area contributed by atoms with Crippen LogP contribution in [-0.4, -0.2) is 53.6 Å². The molecular weight excluding hydrogens is 350 g/mol. The molecule has 0 aromatic rings. The van der Waals surface area contributed by atoms with Gasteiger partial charge in [0.15, 0.2) is 0 Å². The van der Waals surface area contributed by atoms with Crippen molar-refractivity contribution >= 4 is 39.6 Å². The van der Waals surface area contributed by atoms with Gasteiger partial charge < -0.3 is 19.9 Å². The highest BCUT2D eigenvalue weighted by atomic mass is 79.9. The molecule has 21 heavy (non-hydrogen) atoms. The lowest BCUT2D eigenvalue weighted by Crippen LogP contribution is -2.60. The van der Waals surface area contributed by atoms with E-state index in [1.165, 1.54) is 20.8 Å². The Morgan fingerprint density at radius 2 is 1.90 bits per heavy atom. The van der Waals surface area contributed by atoms with Crippen LogP contribution >= 0.6 is 15.9 Å². The van der Waals surface area contributed by atoms with Gasteiger partial charge >= 0.3 is 17.9 Å². The van der Waals surface area contributed by atoms with Crippen LogP contribution in [0.25, 0.3) is 0 Å². The van der Waals surface area contributed by atoms with Gasteiger partial charge in [-0.25, -0.2) is 0 Å². The normalized spacial score (nSPS) is 30.8. The molecule has 0 radical (unpaired) electrons. The van der Waals surface area contributed by atoms with Crippen LogP contribution in [0.4, 0.5) is 0 Å². The number of halogens is 1. The SMILES string of the molecule is CC(=O)OCC1O[C@@H](Br)C(N)C(=[O+]C(C)=O)[C@H]1OC(C)=O. The quantitative estimate of drug-likeness (QED) is 0.409. The van der Waals surface area contributed by atoms with E-state index in [2.05, 4.69) is 15.9 Å². The molecule has 1 aliphatic heterocycles. The van der Waals surface area contributed by atoms with Gasteiger partial charge in [-0.05, 0) is 0 Å². The lowest BCUT2D eigenvalue weighted by Gasteiger charge is -2.34. The summed E-state index contributed by atoms with van der Waals surface area (Å²) in [6.07, 6.45) is -1.88. The number of ether oxygens (including phenoxy) is 3. The van der Waals surface area contributed by atoms with Crippen molar-refractivity contribution in [2.75, 3.05) is 6.61 Å². The van der Waals surface area contributed by atoms with E-state index >= 15 is 0 Å². The maximum Gasteiger partial charge on any atom is 0.576 e. The first kappa shape index (κ1) is 17.7. The van der Waals surface area contributed by atoms with Crippen molar-refractivity contribution in [2.45, 2.75) is 44.0 Å². The molecule has 9 heteroatoms. The lowest BCUT2D eigenvalue weighted by atomic mass is 10.0. The summed E-state index contributed by atoms with van der Waals surface area (Å²) in [4.78, 5) is 33.3. The third kappa shape index (κ3) is 5.18. The summed E-state index contributed by atoms with van der Waals surface area (Å²) in [6.45, 7) is 3.45. The minimum absolute atomic E-state index is 0.0444. The van der Waals surface area contributed by atoms with Gasteiger partial charge in [0.2, 0.25) is 6.10 Å². The third-order valence-corrected chi connectivity index (χ3v) is 3.32. The van der Waals surface area contributed by atoms with Crippen LogP contribution in [0.5, 0.6) is 0 Å². The minimum atomic E-state index is -1.05. The average Bonchev–Trinajstić information content (AvgIpc) is 2.35. The average molecular weight is 367 g/mol. The van der Waals surface area contributed by atoms with Gasteiger partial charge in [0, 0.05) is 18.6 Å². The molecule has 0 aliphatic carbocycles. The Bertz CT molecular complexity index is 465. The predicted molar refractivity (Wildman–Crippen MR) is 73.4 cm³/mol. The predicted octanol–water partition coefficient (Wildman–Crippen LogP) is -0.420. The van der Waals surface area contributed by atoms with Gasteiger partial charge in [-0.3, -0.25) is 14.0 Å². The molecule has 8 nitrogen and oxygen atoms in total. The second kappa shape index (κ2) is 7.62. The Morgan fingerprint density at radius 1 is 1.29 bits per heavy atom. The van der Waals surface area contributed by atoms with E-state index < -0.39 is 41.2 Å². The molecule has 118 valence electrons. The summed E-state index contributed by atoms with van der Waals surface area (Å²) < 4.78 is 20.5. The maximum atomic E-state index is 11.2. The first-order valence-corrected chi connectivity index (χ1v) is 7.04. The van der Waals surface area contributed by atoms with Crippen molar-refractivity contribution in [1.82, 2.24) is 0 Å². The van der Waals surface area contributed by atoms with E-state index in [1.54, 1.807) is 0 Å². The Hall–Kier alpha value is -1.32. The molecule has 1 fully saturated rings. The maximum absolute atomic E-state index is 11.2. The molecule has 0 saturated carbocycles. The summed E-state index contributed by atoms with van der Waals surface area (Å²) in [7, 11) is 0. The van der Waals surface area contributed by atoms with Gasteiger partial charge in [0.1, 0.15) is 23.8 Å².